The Balaban J connectivity index is 1.93. The minimum atomic E-state index is -3.82. The van der Waals surface area contributed by atoms with Gasteiger partial charge in [-0.2, -0.15) is 0 Å². The predicted octanol–water partition coefficient (Wildman–Crippen LogP) is 2.21. The summed E-state index contributed by atoms with van der Waals surface area (Å²) in [5.74, 6) is 0. The molecule has 6 nitrogen and oxygen atoms in total. The third kappa shape index (κ3) is 2.87. The molecular weight excluding hydrogens is 310 g/mol. The van der Waals surface area contributed by atoms with E-state index in [1.54, 1.807) is 6.07 Å². The Bertz CT molecular complexity index is 886. The predicted molar refractivity (Wildman–Crippen MR) is 80.4 cm³/mol. The van der Waals surface area contributed by atoms with E-state index in [-0.39, 0.29) is 10.6 Å². The number of nitrogens with zero attached hydrogens (tertiary/aromatic N) is 1. The van der Waals surface area contributed by atoms with Crippen LogP contribution in [0.1, 0.15) is 0 Å². The zero-order chi connectivity index (χ0) is 15.0. The van der Waals surface area contributed by atoms with Crippen molar-refractivity contribution in [1.82, 2.24) is 4.98 Å². The lowest BCUT2D eigenvalue weighted by Gasteiger charge is -2.04. The lowest BCUT2D eigenvalue weighted by atomic mass is 10.3. The summed E-state index contributed by atoms with van der Waals surface area (Å²) in [7, 11) is -3.82. The fraction of sp³-hybridized carbons (Fsp3) is 0. The van der Waals surface area contributed by atoms with Crippen LogP contribution in [0.25, 0.3) is 11.1 Å². The molecule has 0 aliphatic rings. The van der Waals surface area contributed by atoms with E-state index in [9.17, 15) is 8.42 Å². The number of para-hydroxylation sites is 2. The molecule has 0 spiro atoms. The maximum atomic E-state index is 11.3. The van der Waals surface area contributed by atoms with Gasteiger partial charge >= 0.3 is 0 Å². The Morgan fingerprint density at radius 2 is 1.90 bits per heavy atom. The second-order valence-electron chi connectivity index (χ2n) is 4.29. The molecule has 0 saturated carbocycles. The molecule has 1 heterocycles. The summed E-state index contributed by atoms with van der Waals surface area (Å²) in [5.41, 5.74) is 7.26. The topological polar surface area (TPSA) is 112 Å². The molecular formula is C13H11N3O3S2. The maximum absolute atomic E-state index is 11.3. The number of oxazole rings is 1. The number of fused-ring (bicyclic) bond motifs is 1. The smallest absolute Gasteiger partial charge is 0.261 e. The van der Waals surface area contributed by atoms with E-state index in [2.05, 4.69) is 4.98 Å². The van der Waals surface area contributed by atoms with Crippen LogP contribution >= 0.6 is 11.8 Å². The van der Waals surface area contributed by atoms with E-state index < -0.39 is 10.0 Å². The van der Waals surface area contributed by atoms with Crippen LogP contribution in [-0.2, 0) is 10.0 Å². The first-order chi connectivity index (χ1) is 9.93. The quantitative estimate of drug-likeness (QED) is 0.715. The minimum Gasteiger partial charge on any atom is -0.431 e. The van der Waals surface area contributed by atoms with E-state index in [0.29, 0.717) is 15.7 Å². The van der Waals surface area contributed by atoms with Crippen LogP contribution in [0.3, 0.4) is 0 Å². The highest BCUT2D eigenvalue weighted by atomic mass is 32.2. The lowest BCUT2D eigenvalue weighted by molar-refractivity contribution is 0.489. The number of nitrogens with two attached hydrogens (primary N) is 2. The Hall–Kier alpha value is -2.03. The average molecular weight is 321 g/mol. The van der Waals surface area contributed by atoms with E-state index in [1.165, 1.54) is 23.9 Å². The number of aromatic nitrogens is 1. The third-order valence-electron chi connectivity index (χ3n) is 2.77. The van der Waals surface area contributed by atoms with Crippen molar-refractivity contribution in [2.45, 2.75) is 15.0 Å². The third-order valence-corrected chi connectivity index (χ3v) is 4.59. The van der Waals surface area contributed by atoms with Crippen LogP contribution in [0.15, 0.2) is 61.9 Å². The highest BCUT2D eigenvalue weighted by Crippen LogP contribution is 2.32. The molecule has 21 heavy (non-hydrogen) atoms. The van der Waals surface area contributed by atoms with E-state index in [4.69, 9.17) is 15.3 Å². The van der Waals surface area contributed by atoms with Gasteiger partial charge in [-0.3, -0.25) is 0 Å². The number of anilines is 1. The van der Waals surface area contributed by atoms with Crippen molar-refractivity contribution in [3.63, 3.8) is 0 Å². The van der Waals surface area contributed by atoms with E-state index >= 15 is 0 Å². The van der Waals surface area contributed by atoms with Gasteiger partial charge in [-0.1, -0.05) is 12.1 Å². The van der Waals surface area contributed by atoms with Gasteiger partial charge in [0.25, 0.3) is 5.22 Å². The Labute approximate surface area is 125 Å². The summed E-state index contributed by atoms with van der Waals surface area (Å²) in [6.07, 6.45) is 0. The van der Waals surface area contributed by atoms with Gasteiger partial charge in [0.05, 0.1) is 5.69 Å². The molecule has 4 N–H and O–H groups in total. The standard InChI is InChI=1S/C13H11N3O3S2/c14-9-7-8(5-6-12(9)21(15,17)18)20-13-16-10-3-1-2-4-11(10)19-13/h1-7H,14H2,(H2,15,17,18). The number of benzene rings is 2. The van der Waals surface area contributed by atoms with Crippen LogP contribution in [-0.4, -0.2) is 13.4 Å². The van der Waals surface area contributed by atoms with Crippen molar-refractivity contribution >= 4 is 38.6 Å². The van der Waals surface area contributed by atoms with E-state index in [1.807, 2.05) is 24.3 Å². The summed E-state index contributed by atoms with van der Waals surface area (Å²) in [5, 5.41) is 5.52. The number of hydrogen-bond donors (Lipinski definition) is 2. The highest BCUT2D eigenvalue weighted by Gasteiger charge is 2.14. The van der Waals surface area contributed by atoms with Crippen LogP contribution < -0.4 is 10.9 Å². The summed E-state index contributed by atoms with van der Waals surface area (Å²) in [6, 6.07) is 11.9. The zero-order valence-corrected chi connectivity index (χ0v) is 12.3. The molecule has 3 aromatic rings. The number of rotatable bonds is 3. The molecule has 0 saturated heterocycles. The van der Waals surface area contributed by atoms with Gasteiger partial charge in [-0.25, -0.2) is 18.5 Å². The van der Waals surface area contributed by atoms with Crippen LogP contribution in [0.5, 0.6) is 0 Å². The number of nitrogen functional groups attached to an aromatic ring is 1. The van der Waals surface area contributed by atoms with Gasteiger partial charge in [0.15, 0.2) is 5.58 Å². The van der Waals surface area contributed by atoms with Gasteiger partial charge in [-0.05, 0) is 42.1 Å². The van der Waals surface area contributed by atoms with Gasteiger partial charge in [0.2, 0.25) is 10.0 Å². The molecule has 0 aliphatic carbocycles. The van der Waals surface area contributed by atoms with Crippen LogP contribution in [0.2, 0.25) is 0 Å². The molecule has 8 heteroatoms. The molecule has 3 rings (SSSR count). The summed E-state index contributed by atoms with van der Waals surface area (Å²) in [6.45, 7) is 0. The van der Waals surface area contributed by atoms with Gasteiger partial charge in [0.1, 0.15) is 10.4 Å². The SMILES string of the molecule is Nc1cc(Sc2nc3ccccc3o2)ccc1S(N)(=O)=O. The number of sulfonamides is 1. The molecule has 0 radical (unpaired) electrons. The molecule has 0 fully saturated rings. The normalized spacial score (nSPS) is 11.9. The molecule has 2 aromatic carbocycles. The van der Waals surface area contributed by atoms with E-state index in [0.717, 1.165) is 5.52 Å². The largest absolute Gasteiger partial charge is 0.431 e. The Kier molecular flexibility index (Phi) is 3.36. The van der Waals surface area contributed by atoms with Gasteiger partial charge in [0, 0.05) is 4.90 Å². The second kappa shape index (κ2) is 5.06. The monoisotopic (exact) mass is 321 g/mol. The number of primary sulfonamides is 1. The van der Waals surface area contributed by atoms with Crippen molar-refractivity contribution < 1.29 is 12.8 Å². The first-order valence-corrected chi connectivity index (χ1v) is 8.25. The van der Waals surface area contributed by atoms with Crippen molar-refractivity contribution in [2.75, 3.05) is 5.73 Å². The first kappa shape index (κ1) is 13.9. The van der Waals surface area contributed by atoms with Crippen molar-refractivity contribution in [1.29, 1.82) is 0 Å². The zero-order valence-electron chi connectivity index (χ0n) is 10.7. The van der Waals surface area contributed by atoms with Gasteiger partial charge in [-0.15, -0.1) is 0 Å². The lowest BCUT2D eigenvalue weighted by Crippen LogP contribution is -2.14. The molecule has 1 aromatic heterocycles. The molecule has 0 aliphatic heterocycles. The summed E-state index contributed by atoms with van der Waals surface area (Å²) in [4.78, 5) is 4.94. The molecule has 108 valence electrons. The highest BCUT2D eigenvalue weighted by molar-refractivity contribution is 7.99. The molecule has 0 amide bonds. The maximum Gasteiger partial charge on any atom is 0.261 e. The van der Waals surface area contributed by atoms with Crippen molar-refractivity contribution in [3.8, 4) is 0 Å². The van der Waals surface area contributed by atoms with Gasteiger partial charge < -0.3 is 10.2 Å². The Morgan fingerprint density at radius 3 is 2.57 bits per heavy atom. The van der Waals surface area contributed by atoms with Crippen molar-refractivity contribution in [3.05, 3.63) is 42.5 Å². The average Bonchev–Trinajstić information content (AvgIpc) is 2.79. The molecule has 0 bridgehead atoms. The second-order valence-corrected chi connectivity index (χ2v) is 6.85. The first-order valence-electron chi connectivity index (χ1n) is 5.89. The summed E-state index contributed by atoms with van der Waals surface area (Å²) >= 11 is 1.25. The fourth-order valence-corrected chi connectivity index (χ4v) is 3.29. The Morgan fingerprint density at radius 1 is 1.14 bits per heavy atom. The fourth-order valence-electron chi connectivity index (χ4n) is 1.84. The van der Waals surface area contributed by atoms with Crippen molar-refractivity contribution in [2.24, 2.45) is 5.14 Å². The van der Waals surface area contributed by atoms with Crippen LogP contribution in [0, 0.1) is 0 Å². The molecule has 0 atom stereocenters. The number of hydrogen-bond acceptors (Lipinski definition) is 6. The van der Waals surface area contributed by atoms with Crippen LogP contribution in [0.4, 0.5) is 5.69 Å². The molecule has 0 unspecified atom stereocenters. The minimum absolute atomic E-state index is 0.0931. The summed E-state index contributed by atoms with van der Waals surface area (Å²) < 4.78 is 28.2.